The zero-order chi connectivity index (χ0) is 56.9. The lowest BCUT2D eigenvalue weighted by Crippen LogP contribution is -2.69. The van der Waals surface area contributed by atoms with Crippen LogP contribution in [0.25, 0.3) is 10.8 Å². The van der Waals surface area contributed by atoms with E-state index in [9.17, 15) is 38.7 Å². The predicted molar refractivity (Wildman–Crippen MR) is 281 cm³/mol. The topological polar surface area (TPSA) is 296 Å². The number of hydrogen-bond donors (Lipinski definition) is 5. The predicted octanol–water partition coefficient (Wildman–Crippen LogP) is 3.33. The van der Waals surface area contributed by atoms with E-state index in [1.165, 1.54) is 33.3 Å². The minimum Gasteiger partial charge on any atom is -0.506 e. The molecule has 5 N–H and O–H groups in total. The average Bonchev–Trinajstić information content (AvgIpc) is 3.51. The molecule has 5 aliphatic heterocycles. The molecule has 7 atom stereocenters. The summed E-state index contributed by atoms with van der Waals surface area (Å²) in [4.78, 5) is 90.1. The van der Waals surface area contributed by atoms with Gasteiger partial charge >= 0.3 is 6.09 Å². The molecule has 3 aromatic carbocycles. The van der Waals surface area contributed by atoms with Gasteiger partial charge in [0.15, 0.2) is 11.9 Å². The number of phenolic OH excluding ortho intramolecular Hbond substituents is 1. The van der Waals surface area contributed by atoms with Crippen molar-refractivity contribution in [1.82, 2.24) is 20.9 Å². The molecule has 3 saturated heterocycles. The molecule has 2 bridgehead atoms. The van der Waals surface area contributed by atoms with Crippen LogP contribution in [-0.2, 0) is 79.6 Å². The molecule has 6 amide bonds. The Morgan fingerprint density at radius 2 is 1.51 bits per heavy atom. The number of Topliss-reactive ketones (excluding diaryl/α,β-unsaturated/α-hetero) is 1. The molecule has 9 rings (SSSR count). The molecule has 3 fully saturated rings. The van der Waals surface area contributed by atoms with Crippen LogP contribution in [0.15, 0.2) is 42.5 Å². The smallest absolute Gasteiger partial charge is 0.407 e. The zero-order valence-corrected chi connectivity index (χ0v) is 45.7. The van der Waals surface area contributed by atoms with Gasteiger partial charge in [0.05, 0.1) is 90.6 Å². The van der Waals surface area contributed by atoms with Crippen LogP contribution in [0.1, 0.15) is 85.2 Å². The molecule has 0 radical (unpaired) electrons. The highest BCUT2D eigenvalue weighted by Gasteiger charge is 2.91. The summed E-state index contributed by atoms with van der Waals surface area (Å²) in [6.45, 7) is 9.28. The molecule has 3 unspecified atom stereocenters. The van der Waals surface area contributed by atoms with Crippen LogP contribution in [-0.4, -0.2) is 174 Å². The van der Waals surface area contributed by atoms with E-state index in [1.54, 1.807) is 24.3 Å². The van der Waals surface area contributed by atoms with E-state index in [0.29, 0.717) is 91.0 Å². The number of aryl methyl sites for hydroxylation is 1. The molecule has 1 aliphatic carbocycles. The number of hydrogen-bond acceptors (Lipinski definition) is 19. The maximum atomic E-state index is 13.4. The Morgan fingerprint density at radius 3 is 2.15 bits per heavy atom. The quantitative estimate of drug-likeness (QED) is 0.0396. The number of imide groups is 1. The number of aromatic hydroxyl groups is 1. The number of anilines is 1. The van der Waals surface area contributed by atoms with Crippen molar-refractivity contribution in [2.24, 2.45) is 5.92 Å². The molecule has 6 aliphatic rings. The number of ketones is 1. The third-order valence-corrected chi connectivity index (χ3v) is 15.0. The monoisotopic (exact) mass is 1120 g/mol. The molecule has 1 spiro atoms. The average molecular weight is 1120 g/mol. The molecule has 24 heteroatoms. The number of benzene rings is 3. The first-order valence-electron chi connectivity index (χ1n) is 26.9. The van der Waals surface area contributed by atoms with Gasteiger partial charge in [0.1, 0.15) is 42.0 Å². The van der Waals surface area contributed by atoms with Crippen molar-refractivity contribution in [2.45, 2.75) is 108 Å². The van der Waals surface area contributed by atoms with Gasteiger partial charge in [0.25, 0.3) is 17.6 Å². The van der Waals surface area contributed by atoms with Crippen LogP contribution in [0.5, 0.6) is 17.2 Å². The number of nitrogens with one attached hydrogen (secondary N) is 4. The molecule has 3 aromatic rings. The molecule has 0 saturated carbocycles. The molecule has 432 valence electrons. The molecule has 5 heterocycles. The number of methoxy groups -OCH3 is 2. The number of fused-ring (bicyclic) bond motifs is 8. The van der Waals surface area contributed by atoms with E-state index >= 15 is 0 Å². The molecular weight excluding hydrogens is 1050 g/mol. The Hall–Kier alpha value is -6.77. The number of phenols is 1. The third kappa shape index (κ3) is 11.4. The summed E-state index contributed by atoms with van der Waals surface area (Å²) in [7, 11) is 3.00. The minimum atomic E-state index is -1.57. The summed E-state index contributed by atoms with van der Waals surface area (Å²) in [6, 6.07) is 6.61. The third-order valence-electron chi connectivity index (χ3n) is 15.0. The van der Waals surface area contributed by atoms with Crippen molar-refractivity contribution in [3.8, 4) is 17.2 Å². The highest BCUT2D eigenvalue weighted by atomic mass is 16.9. The summed E-state index contributed by atoms with van der Waals surface area (Å²) in [5.74, 6) is -4.80. The maximum absolute atomic E-state index is 13.4. The van der Waals surface area contributed by atoms with Crippen LogP contribution in [0.2, 0.25) is 0 Å². The van der Waals surface area contributed by atoms with Crippen LogP contribution in [0.4, 0.5) is 10.5 Å². The van der Waals surface area contributed by atoms with Crippen molar-refractivity contribution < 1.29 is 90.8 Å². The fourth-order valence-electron chi connectivity index (χ4n) is 11.0. The minimum absolute atomic E-state index is 0.00233. The van der Waals surface area contributed by atoms with Gasteiger partial charge in [-0.05, 0) is 68.4 Å². The van der Waals surface area contributed by atoms with Crippen molar-refractivity contribution in [3.63, 3.8) is 0 Å². The number of alkyl carbamates (subject to hydrolysis) is 1. The molecule has 24 nitrogen and oxygen atoms in total. The van der Waals surface area contributed by atoms with E-state index in [0.717, 1.165) is 10.5 Å². The summed E-state index contributed by atoms with van der Waals surface area (Å²) in [5, 5.41) is 23.7. The lowest BCUT2D eigenvalue weighted by atomic mass is 9.78. The van der Waals surface area contributed by atoms with E-state index < -0.39 is 65.3 Å². The van der Waals surface area contributed by atoms with Gasteiger partial charge in [-0.25, -0.2) is 4.79 Å². The second-order valence-electron chi connectivity index (χ2n) is 20.7. The lowest BCUT2D eigenvalue weighted by molar-refractivity contribution is -0.287. The largest absolute Gasteiger partial charge is 0.506 e. The fourth-order valence-corrected chi connectivity index (χ4v) is 11.0. The Bertz CT molecular complexity index is 2890. The van der Waals surface area contributed by atoms with E-state index in [-0.39, 0.29) is 99.7 Å². The standard InChI is InChI=1S/C56H69N5O19/c1-31(2)26-38(60-40(63)16-18-72-20-22-74-24-25-75-23-21-73-19-17-61-41(64)14-15-42(61)65)52(68)58-33(4)51(67)59-35-12-10-34(11-13-35)28-76-53(69)57-29-55-54(30-77-54)56(71-6)50(80-55)49(78-55)43-32(3)27-37-45(48(43)79-56)46(66)44-36(47(37)70-5)8-7-9-39(44)62/h10-15,27,31,33,38,49-50,66H,7-9,16-26,28-30H2,1-6H3,(H,57,69)(H,58,68)(H,59,67)(H,60,63)/t33-,38-,49?,50?,54+,55?,56+/m0/s1. The lowest BCUT2D eigenvalue weighted by Gasteiger charge is -2.48. The maximum Gasteiger partial charge on any atom is 0.407 e. The van der Waals surface area contributed by atoms with Gasteiger partial charge in [-0.15, -0.1) is 0 Å². The van der Waals surface area contributed by atoms with Crippen LogP contribution in [0, 0.1) is 12.8 Å². The van der Waals surface area contributed by atoms with Crippen molar-refractivity contribution in [2.75, 3.05) is 92.1 Å². The van der Waals surface area contributed by atoms with Gasteiger partial charge in [-0.1, -0.05) is 26.0 Å². The molecule has 0 aromatic heterocycles. The summed E-state index contributed by atoms with van der Waals surface area (Å²) in [5.41, 5.74) is 1.93. The SMILES string of the molecule is COc1c2c(c(O)c3c4c(c(C)cc13)C1OC3(CNC(=O)OCc5ccc(NC(=O)[C@H](C)NC(=O)[C@H](CC(C)C)NC(=O)CCOCCOCCOCCOCCN6C(=O)C=CC6=O)cc5)OC1[C@@](OC)(O4)[C@@]31CO1)C(=O)CCC2. The number of epoxide rings is 1. The van der Waals surface area contributed by atoms with Crippen LogP contribution in [0.3, 0.4) is 0 Å². The Labute approximate surface area is 461 Å². The second kappa shape index (κ2) is 24.5. The first kappa shape index (κ1) is 57.9. The number of carbonyl (C=O) groups excluding carboxylic acids is 7. The van der Waals surface area contributed by atoms with Gasteiger partial charge < -0.3 is 78.5 Å². The molecule has 80 heavy (non-hydrogen) atoms. The normalized spacial score (nSPS) is 23.7. The summed E-state index contributed by atoms with van der Waals surface area (Å²) >= 11 is 0. The van der Waals surface area contributed by atoms with Crippen molar-refractivity contribution in [1.29, 1.82) is 0 Å². The van der Waals surface area contributed by atoms with Crippen LogP contribution >= 0.6 is 0 Å². The molecular formula is C56H69N5O19. The number of ether oxygens (including phenoxy) is 11. The highest BCUT2D eigenvalue weighted by Crippen LogP contribution is 2.70. The van der Waals surface area contributed by atoms with Crippen molar-refractivity contribution >= 4 is 57.9 Å². The highest BCUT2D eigenvalue weighted by molar-refractivity contribution is 6.13. The first-order valence-corrected chi connectivity index (χ1v) is 26.9. The van der Waals surface area contributed by atoms with Gasteiger partial charge in [0.2, 0.25) is 29.1 Å². The Balaban J connectivity index is 0.687. The van der Waals surface area contributed by atoms with Crippen molar-refractivity contribution in [3.05, 3.63) is 70.3 Å². The van der Waals surface area contributed by atoms with Crippen LogP contribution < -0.4 is 30.7 Å². The fraction of sp³-hybridized carbons (Fsp3) is 0.554. The zero-order valence-electron chi connectivity index (χ0n) is 45.7. The van der Waals surface area contributed by atoms with Gasteiger partial charge in [-0.3, -0.25) is 33.7 Å². The number of carbonyl (C=O) groups is 7. The second-order valence-corrected chi connectivity index (χ2v) is 20.7. The van der Waals surface area contributed by atoms with E-state index in [1.807, 2.05) is 26.8 Å². The summed E-state index contributed by atoms with van der Waals surface area (Å²) < 4.78 is 65.8. The number of rotatable bonds is 28. The summed E-state index contributed by atoms with van der Waals surface area (Å²) in [6.07, 6.45) is 1.89. The Kier molecular flexibility index (Phi) is 17.8. The first-order chi connectivity index (χ1) is 38.5. The van der Waals surface area contributed by atoms with E-state index in [2.05, 4.69) is 21.3 Å². The van der Waals surface area contributed by atoms with E-state index in [4.69, 9.17) is 52.1 Å². The van der Waals surface area contributed by atoms with Gasteiger partial charge in [-0.2, -0.15) is 0 Å². The number of nitrogens with zero attached hydrogens (tertiary/aromatic N) is 1. The number of amides is 6. The van der Waals surface area contributed by atoms with Gasteiger partial charge in [0, 0.05) is 54.3 Å². The Morgan fingerprint density at radius 1 is 0.850 bits per heavy atom.